The van der Waals surface area contributed by atoms with Crippen LogP contribution in [0.1, 0.15) is 20.7 Å². The van der Waals surface area contributed by atoms with Gasteiger partial charge in [-0.2, -0.15) is 0 Å². The first kappa shape index (κ1) is 13.5. The van der Waals surface area contributed by atoms with Gasteiger partial charge in [-0.1, -0.05) is 12.1 Å². The van der Waals surface area contributed by atoms with E-state index in [0.29, 0.717) is 28.3 Å². The Labute approximate surface area is 131 Å². The standard InChI is InChI=1S/C17H12N2O4/c1-18-13-8-10(6-7-14(13)23-9-15(18)20)19-16(21)11-4-2-3-5-12(11)17(19)22/h2-8H,9H2,1H3. The highest BCUT2D eigenvalue weighted by molar-refractivity contribution is 6.34. The van der Waals surface area contributed by atoms with Gasteiger partial charge in [0.1, 0.15) is 5.75 Å². The van der Waals surface area contributed by atoms with Crippen LogP contribution in [0.5, 0.6) is 5.75 Å². The van der Waals surface area contributed by atoms with E-state index in [1.165, 1.54) is 4.90 Å². The van der Waals surface area contributed by atoms with E-state index in [-0.39, 0.29) is 24.3 Å². The molecule has 3 amide bonds. The molecule has 2 aromatic carbocycles. The van der Waals surface area contributed by atoms with E-state index < -0.39 is 0 Å². The molecule has 0 atom stereocenters. The molecule has 0 saturated heterocycles. The van der Waals surface area contributed by atoms with Crippen molar-refractivity contribution in [3.8, 4) is 5.75 Å². The molecule has 0 aliphatic carbocycles. The second-order valence-corrected chi connectivity index (χ2v) is 5.38. The maximum atomic E-state index is 12.5. The Balaban J connectivity index is 1.80. The number of carbonyl (C=O) groups is 3. The quantitative estimate of drug-likeness (QED) is 0.754. The molecule has 0 saturated carbocycles. The molecule has 6 nitrogen and oxygen atoms in total. The molecule has 6 heteroatoms. The van der Waals surface area contributed by atoms with Crippen molar-refractivity contribution in [3.05, 3.63) is 53.6 Å². The summed E-state index contributed by atoms with van der Waals surface area (Å²) in [5.74, 6) is -0.364. The average molecular weight is 308 g/mol. The van der Waals surface area contributed by atoms with Gasteiger partial charge in [-0.3, -0.25) is 14.4 Å². The van der Waals surface area contributed by atoms with Gasteiger partial charge in [0.2, 0.25) is 0 Å². The summed E-state index contributed by atoms with van der Waals surface area (Å²) in [5, 5.41) is 0. The minimum atomic E-state index is -0.365. The van der Waals surface area contributed by atoms with E-state index in [1.54, 1.807) is 49.5 Å². The number of rotatable bonds is 1. The molecule has 23 heavy (non-hydrogen) atoms. The number of nitrogens with zero attached hydrogens (tertiary/aromatic N) is 2. The molecule has 114 valence electrons. The van der Waals surface area contributed by atoms with Crippen molar-refractivity contribution >= 4 is 29.1 Å². The van der Waals surface area contributed by atoms with Gasteiger partial charge in [0.25, 0.3) is 17.7 Å². The predicted octanol–water partition coefficient (Wildman–Crippen LogP) is 1.84. The predicted molar refractivity (Wildman–Crippen MR) is 82.9 cm³/mol. The maximum Gasteiger partial charge on any atom is 0.266 e. The third-order valence-electron chi connectivity index (χ3n) is 4.08. The molecule has 2 heterocycles. The highest BCUT2D eigenvalue weighted by atomic mass is 16.5. The van der Waals surface area contributed by atoms with E-state index >= 15 is 0 Å². The van der Waals surface area contributed by atoms with E-state index in [9.17, 15) is 14.4 Å². The first-order chi connectivity index (χ1) is 11.1. The van der Waals surface area contributed by atoms with Crippen molar-refractivity contribution in [2.24, 2.45) is 0 Å². The summed E-state index contributed by atoms with van der Waals surface area (Å²) < 4.78 is 5.36. The molecule has 2 aliphatic rings. The van der Waals surface area contributed by atoms with Gasteiger partial charge in [0.05, 0.1) is 22.5 Å². The van der Waals surface area contributed by atoms with Crippen LogP contribution in [-0.4, -0.2) is 31.4 Å². The van der Waals surface area contributed by atoms with Gasteiger partial charge >= 0.3 is 0 Å². The molecule has 0 unspecified atom stereocenters. The number of fused-ring (bicyclic) bond motifs is 2. The smallest absolute Gasteiger partial charge is 0.266 e. The van der Waals surface area contributed by atoms with E-state index in [4.69, 9.17) is 4.74 Å². The molecular weight excluding hydrogens is 296 g/mol. The lowest BCUT2D eigenvalue weighted by molar-refractivity contribution is -0.120. The minimum absolute atomic E-state index is 0.0180. The Kier molecular flexibility index (Phi) is 2.74. The fourth-order valence-electron chi connectivity index (χ4n) is 2.82. The largest absolute Gasteiger partial charge is 0.482 e. The summed E-state index contributed by atoms with van der Waals surface area (Å²) in [4.78, 5) is 39.4. The van der Waals surface area contributed by atoms with Crippen LogP contribution in [0, 0.1) is 0 Å². The van der Waals surface area contributed by atoms with Crippen molar-refractivity contribution in [1.82, 2.24) is 0 Å². The van der Waals surface area contributed by atoms with Crippen molar-refractivity contribution in [3.63, 3.8) is 0 Å². The topological polar surface area (TPSA) is 66.9 Å². The van der Waals surface area contributed by atoms with Gasteiger partial charge < -0.3 is 9.64 Å². The summed E-state index contributed by atoms with van der Waals surface area (Å²) in [6.07, 6.45) is 0. The van der Waals surface area contributed by atoms with Crippen LogP contribution >= 0.6 is 0 Å². The highest BCUT2D eigenvalue weighted by Crippen LogP contribution is 2.37. The Bertz CT molecular complexity index is 840. The second kappa shape index (κ2) is 4.67. The fourth-order valence-corrected chi connectivity index (χ4v) is 2.82. The summed E-state index contributed by atoms with van der Waals surface area (Å²) in [7, 11) is 1.63. The zero-order valence-corrected chi connectivity index (χ0v) is 12.3. The number of amides is 3. The Morgan fingerprint density at radius 3 is 2.26 bits per heavy atom. The van der Waals surface area contributed by atoms with E-state index in [0.717, 1.165) is 4.90 Å². The first-order valence-electron chi connectivity index (χ1n) is 7.09. The van der Waals surface area contributed by atoms with Gasteiger partial charge in [0.15, 0.2) is 6.61 Å². The molecule has 4 rings (SSSR count). The molecule has 0 aromatic heterocycles. The normalized spacial score (nSPS) is 16.3. The van der Waals surface area contributed by atoms with Crippen LogP contribution in [0.25, 0.3) is 0 Å². The lowest BCUT2D eigenvalue weighted by Gasteiger charge is -2.27. The monoisotopic (exact) mass is 308 g/mol. The van der Waals surface area contributed by atoms with Crippen LogP contribution in [0.15, 0.2) is 42.5 Å². The fraction of sp³-hybridized carbons (Fsp3) is 0.118. The second-order valence-electron chi connectivity index (χ2n) is 5.38. The van der Waals surface area contributed by atoms with Crippen LogP contribution in [0.3, 0.4) is 0 Å². The van der Waals surface area contributed by atoms with Crippen molar-refractivity contribution in [1.29, 1.82) is 0 Å². The van der Waals surface area contributed by atoms with Crippen molar-refractivity contribution in [2.45, 2.75) is 0 Å². The van der Waals surface area contributed by atoms with Gasteiger partial charge in [0, 0.05) is 7.05 Å². The molecule has 0 radical (unpaired) electrons. The zero-order valence-electron chi connectivity index (χ0n) is 12.3. The first-order valence-corrected chi connectivity index (χ1v) is 7.09. The molecule has 2 aromatic rings. The Morgan fingerprint density at radius 1 is 0.957 bits per heavy atom. The summed E-state index contributed by atoms with van der Waals surface area (Å²) in [6, 6.07) is 11.6. The van der Waals surface area contributed by atoms with E-state index in [2.05, 4.69) is 0 Å². The van der Waals surface area contributed by atoms with Crippen LogP contribution in [0.4, 0.5) is 11.4 Å². The number of benzene rings is 2. The Hall–Kier alpha value is -3.15. The number of ether oxygens (including phenoxy) is 1. The number of anilines is 2. The van der Waals surface area contributed by atoms with Gasteiger partial charge in [-0.15, -0.1) is 0 Å². The van der Waals surface area contributed by atoms with Gasteiger partial charge in [-0.25, -0.2) is 4.90 Å². The molecule has 0 N–H and O–H groups in total. The van der Waals surface area contributed by atoms with Crippen LogP contribution in [0.2, 0.25) is 0 Å². The number of likely N-dealkylation sites (N-methyl/N-ethyl adjacent to an activating group) is 1. The summed E-state index contributed by atoms with van der Waals surface area (Å²) >= 11 is 0. The molecule has 0 bridgehead atoms. The molecule has 0 spiro atoms. The minimum Gasteiger partial charge on any atom is -0.482 e. The average Bonchev–Trinajstić information content (AvgIpc) is 2.83. The van der Waals surface area contributed by atoms with Crippen LogP contribution < -0.4 is 14.5 Å². The maximum absolute atomic E-state index is 12.5. The van der Waals surface area contributed by atoms with Crippen LogP contribution in [-0.2, 0) is 4.79 Å². The number of carbonyl (C=O) groups excluding carboxylic acids is 3. The summed E-state index contributed by atoms with van der Waals surface area (Å²) in [6.45, 7) is -0.0180. The number of hydrogen-bond acceptors (Lipinski definition) is 4. The van der Waals surface area contributed by atoms with Crippen molar-refractivity contribution in [2.75, 3.05) is 23.5 Å². The number of imide groups is 1. The van der Waals surface area contributed by atoms with E-state index in [1.807, 2.05) is 0 Å². The van der Waals surface area contributed by atoms with Crippen molar-refractivity contribution < 1.29 is 19.1 Å². The lowest BCUT2D eigenvalue weighted by Crippen LogP contribution is -2.36. The summed E-state index contributed by atoms with van der Waals surface area (Å²) in [5.41, 5.74) is 1.72. The van der Waals surface area contributed by atoms with Gasteiger partial charge in [-0.05, 0) is 30.3 Å². The zero-order chi connectivity index (χ0) is 16.1. The lowest BCUT2D eigenvalue weighted by atomic mass is 10.1. The number of hydrogen-bond donors (Lipinski definition) is 0. The molecular formula is C17H12N2O4. The third kappa shape index (κ3) is 1.85. The SMILES string of the molecule is CN1C(=O)COc2ccc(N3C(=O)c4ccccc4C3=O)cc21. The Morgan fingerprint density at radius 2 is 1.61 bits per heavy atom. The molecule has 0 fully saturated rings. The third-order valence-corrected chi connectivity index (χ3v) is 4.08. The molecule has 2 aliphatic heterocycles. The highest BCUT2D eigenvalue weighted by Gasteiger charge is 2.37.